The molecule has 1 heterocycles. The van der Waals surface area contributed by atoms with Crippen molar-refractivity contribution in [3.63, 3.8) is 0 Å². The predicted octanol–water partition coefficient (Wildman–Crippen LogP) is 11.0. The van der Waals surface area contributed by atoms with E-state index in [4.69, 9.17) is 0 Å². The molecule has 0 atom stereocenters. The molecule has 178 valence electrons. The Labute approximate surface area is 224 Å². The molecular weight excluding hydrogens is 478 g/mol. The van der Waals surface area contributed by atoms with Gasteiger partial charge in [0, 0.05) is 37.2 Å². The lowest BCUT2D eigenvalue weighted by Gasteiger charge is -2.26. The Kier molecular flexibility index (Phi) is 4.76. The molecule has 0 saturated heterocycles. The maximum atomic E-state index is 2.38. The van der Waals surface area contributed by atoms with Crippen LogP contribution in [0, 0.1) is 0 Å². The molecule has 0 spiro atoms. The van der Waals surface area contributed by atoms with Crippen LogP contribution >= 0.6 is 11.3 Å². The van der Waals surface area contributed by atoms with E-state index in [-0.39, 0.29) is 0 Å². The van der Waals surface area contributed by atoms with Crippen LogP contribution in [-0.2, 0) is 0 Å². The number of rotatable bonds is 3. The maximum Gasteiger partial charge on any atom is 0.0476 e. The third-order valence-electron chi connectivity index (χ3n) is 7.62. The third-order valence-corrected chi connectivity index (χ3v) is 8.75. The summed E-state index contributed by atoms with van der Waals surface area (Å²) in [6.45, 7) is 0. The van der Waals surface area contributed by atoms with E-state index in [0.29, 0.717) is 0 Å². The second-order valence-electron chi connectivity index (χ2n) is 9.80. The Bertz CT molecular complexity index is 2140. The normalized spacial score (nSPS) is 11.7. The number of hydrogen-bond donors (Lipinski definition) is 0. The van der Waals surface area contributed by atoms with Crippen LogP contribution in [0.4, 0.5) is 17.1 Å². The van der Waals surface area contributed by atoms with E-state index < -0.39 is 0 Å². The quantitative estimate of drug-likeness (QED) is 0.218. The highest BCUT2D eigenvalue weighted by Crippen LogP contribution is 2.42. The highest BCUT2D eigenvalue weighted by atomic mass is 32.1. The molecule has 0 aliphatic carbocycles. The fourth-order valence-electron chi connectivity index (χ4n) is 5.82. The molecule has 0 amide bonds. The highest BCUT2D eigenvalue weighted by Gasteiger charge is 2.16. The monoisotopic (exact) mass is 501 g/mol. The van der Waals surface area contributed by atoms with Gasteiger partial charge >= 0.3 is 0 Å². The molecule has 7 aromatic carbocycles. The van der Waals surface area contributed by atoms with E-state index in [2.05, 4.69) is 144 Å². The summed E-state index contributed by atoms with van der Waals surface area (Å²) < 4.78 is 2.64. The van der Waals surface area contributed by atoms with Gasteiger partial charge in [-0.1, -0.05) is 97.1 Å². The van der Waals surface area contributed by atoms with Crippen LogP contribution in [0.15, 0.2) is 140 Å². The molecule has 0 N–H and O–H groups in total. The van der Waals surface area contributed by atoms with Gasteiger partial charge in [0.1, 0.15) is 0 Å². The molecular formula is C36H23NS. The Morgan fingerprint density at radius 3 is 1.79 bits per heavy atom. The summed E-state index contributed by atoms with van der Waals surface area (Å²) >= 11 is 1.86. The number of hydrogen-bond acceptors (Lipinski definition) is 2. The van der Waals surface area contributed by atoms with Gasteiger partial charge in [0.2, 0.25) is 0 Å². The van der Waals surface area contributed by atoms with Crippen molar-refractivity contribution >= 4 is 80.9 Å². The van der Waals surface area contributed by atoms with Crippen molar-refractivity contribution < 1.29 is 0 Å². The molecule has 1 aromatic heterocycles. The molecule has 0 radical (unpaired) electrons. The van der Waals surface area contributed by atoms with Crippen molar-refractivity contribution in [1.29, 1.82) is 0 Å². The number of nitrogens with zero attached hydrogens (tertiary/aromatic N) is 1. The molecule has 0 aliphatic rings. The predicted molar refractivity (Wildman–Crippen MR) is 167 cm³/mol. The van der Waals surface area contributed by atoms with Gasteiger partial charge in [-0.2, -0.15) is 0 Å². The highest BCUT2D eigenvalue weighted by molar-refractivity contribution is 7.25. The molecule has 0 saturated carbocycles. The largest absolute Gasteiger partial charge is 0.310 e. The van der Waals surface area contributed by atoms with Gasteiger partial charge in [-0.3, -0.25) is 0 Å². The Morgan fingerprint density at radius 2 is 0.921 bits per heavy atom. The Balaban J connectivity index is 1.37. The Morgan fingerprint density at radius 1 is 0.342 bits per heavy atom. The SMILES string of the molecule is c1ccc(N(c2ccc3c(c2)sc2ccccc23)c2ccc3ccc4c5ccccc5ccc4c3c2)cc1. The van der Waals surface area contributed by atoms with E-state index in [9.17, 15) is 0 Å². The topological polar surface area (TPSA) is 3.24 Å². The van der Waals surface area contributed by atoms with E-state index in [1.54, 1.807) is 0 Å². The third kappa shape index (κ3) is 3.31. The van der Waals surface area contributed by atoms with Crippen LogP contribution in [-0.4, -0.2) is 0 Å². The molecule has 8 aromatic rings. The first-order valence-electron chi connectivity index (χ1n) is 12.9. The lowest BCUT2D eigenvalue weighted by atomic mass is 9.96. The van der Waals surface area contributed by atoms with E-state index in [0.717, 1.165) is 11.4 Å². The Hall–Kier alpha value is -4.66. The van der Waals surface area contributed by atoms with Gasteiger partial charge in [0.15, 0.2) is 0 Å². The van der Waals surface area contributed by atoms with Crippen LogP contribution in [0.2, 0.25) is 0 Å². The maximum absolute atomic E-state index is 2.38. The second-order valence-corrected chi connectivity index (χ2v) is 10.9. The summed E-state index contributed by atoms with van der Waals surface area (Å²) in [5, 5.41) is 10.3. The molecule has 0 fully saturated rings. The number of para-hydroxylation sites is 1. The van der Waals surface area contributed by atoms with Gasteiger partial charge in [-0.25, -0.2) is 0 Å². The van der Waals surface area contributed by atoms with Gasteiger partial charge < -0.3 is 4.90 Å². The fraction of sp³-hybridized carbons (Fsp3) is 0. The van der Waals surface area contributed by atoms with Crippen molar-refractivity contribution in [2.45, 2.75) is 0 Å². The fourth-order valence-corrected chi connectivity index (χ4v) is 6.96. The molecule has 0 unspecified atom stereocenters. The first kappa shape index (κ1) is 21.4. The number of fused-ring (bicyclic) bond motifs is 8. The molecule has 8 rings (SSSR count). The average molecular weight is 502 g/mol. The molecule has 2 heteroatoms. The standard InChI is InChI=1S/C36H23NS/c1-2-9-26(10-3-1)37(28-18-21-33-32-12-6-7-13-35(32)38-36(33)23-28)27-17-14-25-16-19-30-29-11-5-4-8-24(29)15-20-31(30)34(25)22-27/h1-23H. The van der Waals surface area contributed by atoms with E-state index in [1.165, 1.54) is 58.2 Å². The summed E-state index contributed by atoms with van der Waals surface area (Å²) in [6, 6.07) is 50.8. The van der Waals surface area contributed by atoms with Crippen molar-refractivity contribution in [2.24, 2.45) is 0 Å². The van der Waals surface area contributed by atoms with Crippen molar-refractivity contribution in [3.05, 3.63) is 140 Å². The van der Waals surface area contributed by atoms with Gasteiger partial charge in [-0.05, 0) is 74.8 Å². The van der Waals surface area contributed by atoms with Crippen LogP contribution in [0.5, 0.6) is 0 Å². The van der Waals surface area contributed by atoms with E-state index in [1.807, 2.05) is 11.3 Å². The van der Waals surface area contributed by atoms with Crippen LogP contribution in [0.1, 0.15) is 0 Å². The zero-order chi connectivity index (χ0) is 25.1. The van der Waals surface area contributed by atoms with Crippen LogP contribution < -0.4 is 4.90 Å². The van der Waals surface area contributed by atoms with Crippen molar-refractivity contribution in [2.75, 3.05) is 4.90 Å². The average Bonchev–Trinajstić information content (AvgIpc) is 3.35. The minimum Gasteiger partial charge on any atom is -0.310 e. The second kappa shape index (κ2) is 8.44. The van der Waals surface area contributed by atoms with Gasteiger partial charge in [-0.15, -0.1) is 11.3 Å². The molecule has 38 heavy (non-hydrogen) atoms. The summed E-state index contributed by atoms with van der Waals surface area (Å²) in [5.74, 6) is 0. The lowest BCUT2D eigenvalue weighted by molar-refractivity contribution is 1.30. The van der Waals surface area contributed by atoms with Gasteiger partial charge in [0.05, 0.1) is 0 Å². The number of thiophene rings is 1. The summed E-state index contributed by atoms with van der Waals surface area (Å²) in [5.41, 5.74) is 3.48. The van der Waals surface area contributed by atoms with Crippen molar-refractivity contribution in [3.8, 4) is 0 Å². The molecule has 0 bridgehead atoms. The van der Waals surface area contributed by atoms with Gasteiger partial charge in [0.25, 0.3) is 0 Å². The molecule has 1 nitrogen and oxygen atoms in total. The minimum atomic E-state index is 1.15. The summed E-state index contributed by atoms with van der Waals surface area (Å²) in [4.78, 5) is 2.38. The first-order chi connectivity index (χ1) is 18.8. The summed E-state index contributed by atoms with van der Waals surface area (Å²) in [7, 11) is 0. The van der Waals surface area contributed by atoms with E-state index >= 15 is 0 Å². The zero-order valence-electron chi connectivity index (χ0n) is 20.6. The first-order valence-corrected chi connectivity index (χ1v) is 13.8. The lowest BCUT2D eigenvalue weighted by Crippen LogP contribution is -2.09. The number of anilines is 3. The smallest absolute Gasteiger partial charge is 0.0476 e. The minimum absolute atomic E-state index is 1.15. The molecule has 0 aliphatic heterocycles. The van der Waals surface area contributed by atoms with Crippen molar-refractivity contribution in [1.82, 2.24) is 0 Å². The van der Waals surface area contributed by atoms with Crippen LogP contribution in [0.3, 0.4) is 0 Å². The summed E-state index contributed by atoms with van der Waals surface area (Å²) in [6.07, 6.45) is 0. The number of benzene rings is 7. The van der Waals surface area contributed by atoms with Crippen LogP contribution in [0.25, 0.3) is 52.5 Å². The zero-order valence-corrected chi connectivity index (χ0v) is 21.5.